The molecule has 4 rings (SSSR count). The van der Waals surface area contributed by atoms with E-state index in [0.29, 0.717) is 27.7 Å². The number of β-lactam (4-membered cyclic amide) rings is 1. The van der Waals surface area contributed by atoms with Gasteiger partial charge < -0.3 is 26.0 Å². The number of hydrogen-bond donors (Lipinski definition) is 5. The fourth-order valence-electron chi connectivity index (χ4n) is 3.80. The number of anilines is 1. The topological polar surface area (TPSA) is 232 Å². The van der Waals surface area contributed by atoms with Gasteiger partial charge in [-0.2, -0.15) is 0 Å². The van der Waals surface area contributed by atoms with Crippen LogP contribution < -0.4 is 16.4 Å². The molecule has 3 atom stereocenters. The molecule has 6 N–H and O–H groups in total. The van der Waals surface area contributed by atoms with E-state index in [2.05, 4.69) is 26.2 Å². The van der Waals surface area contributed by atoms with E-state index in [9.17, 15) is 29.1 Å². The van der Waals surface area contributed by atoms with Gasteiger partial charge in [-0.25, -0.2) is 14.3 Å². The van der Waals surface area contributed by atoms with Crippen LogP contribution in [0.4, 0.5) is 10.5 Å². The molecule has 3 amide bonds. The Balaban J connectivity index is 0.00000462. The van der Waals surface area contributed by atoms with Gasteiger partial charge in [0.1, 0.15) is 29.8 Å². The monoisotopic (exact) mass is 616 g/mol. The van der Waals surface area contributed by atoms with Gasteiger partial charge in [0.25, 0.3) is 5.91 Å². The molecule has 1 saturated heterocycles. The van der Waals surface area contributed by atoms with Crippen molar-refractivity contribution < 1.29 is 38.9 Å². The van der Waals surface area contributed by atoms with Crippen molar-refractivity contribution in [3.8, 4) is 0 Å². The molecule has 2 aliphatic heterocycles. The number of carbonyl (C=O) groups excluding carboxylic acids is 3. The van der Waals surface area contributed by atoms with Crippen LogP contribution in [0, 0.1) is 0 Å². The molecular formula is C22H25N8NaO8S2. The number of aromatic nitrogens is 4. The Labute approximate surface area is 263 Å². The average Bonchev–Trinajstić information content (AvgIpc) is 3.33. The third-order valence-electron chi connectivity index (χ3n) is 5.80. The first kappa shape index (κ1) is 32.4. The second-order valence-electron chi connectivity index (χ2n) is 8.63. The van der Waals surface area contributed by atoms with Gasteiger partial charge >= 0.3 is 47.6 Å². The fourth-order valence-corrected chi connectivity index (χ4v) is 6.13. The summed E-state index contributed by atoms with van der Waals surface area (Å²) in [5.74, 6) is -2.82. The Hall–Kier alpha value is -3.16. The maximum absolute atomic E-state index is 12.9. The normalized spacial score (nSPS) is 18.4. The number of aliphatic carboxylic acids is 2. The van der Waals surface area contributed by atoms with Gasteiger partial charge in [0, 0.05) is 24.2 Å². The molecule has 0 radical (unpaired) electrons. The second kappa shape index (κ2) is 14.1. The summed E-state index contributed by atoms with van der Waals surface area (Å²) in [6, 6.07) is 4.02. The van der Waals surface area contributed by atoms with Crippen LogP contribution >= 0.6 is 23.5 Å². The number of thioether (sulfide) groups is 2. The molecule has 214 valence electrons. The van der Waals surface area contributed by atoms with E-state index in [0.717, 1.165) is 0 Å². The summed E-state index contributed by atoms with van der Waals surface area (Å²) in [5, 5.41) is 34.7. The number of fused-ring (bicyclic) bond motifs is 1. The molecule has 19 heteroatoms. The molecule has 16 nitrogen and oxygen atoms in total. The minimum atomic E-state index is -1.34. The number of nitrogens with zero attached hydrogens (tertiary/aromatic N) is 5. The Bertz CT molecular complexity index is 1370. The van der Waals surface area contributed by atoms with Crippen LogP contribution in [0.1, 0.15) is 5.56 Å². The molecule has 0 spiro atoms. The zero-order chi connectivity index (χ0) is 29.0. The van der Waals surface area contributed by atoms with Crippen molar-refractivity contribution in [2.75, 3.05) is 23.4 Å². The Morgan fingerprint density at radius 3 is 2.56 bits per heavy atom. The number of carboxylic acid groups (broad SMARTS) is 2. The summed E-state index contributed by atoms with van der Waals surface area (Å²) in [4.78, 5) is 61.2. The molecule has 1 aromatic carbocycles. The van der Waals surface area contributed by atoms with Gasteiger partial charge in [-0.1, -0.05) is 23.9 Å². The molecular weight excluding hydrogens is 591 g/mol. The predicted molar refractivity (Wildman–Crippen MR) is 147 cm³/mol. The third-order valence-corrected chi connectivity index (χ3v) is 8.24. The van der Waals surface area contributed by atoms with Crippen molar-refractivity contribution in [3.05, 3.63) is 41.1 Å². The molecule has 41 heavy (non-hydrogen) atoms. The number of tetrazole rings is 1. The van der Waals surface area contributed by atoms with Gasteiger partial charge in [-0.3, -0.25) is 24.6 Å². The summed E-state index contributed by atoms with van der Waals surface area (Å²) in [7, 11) is 1.66. The number of carbonyl (C=O) groups is 5. The van der Waals surface area contributed by atoms with E-state index < -0.39 is 53.9 Å². The second-order valence-corrected chi connectivity index (χ2v) is 10.7. The van der Waals surface area contributed by atoms with E-state index in [4.69, 9.17) is 15.6 Å². The van der Waals surface area contributed by atoms with E-state index in [1.165, 1.54) is 45.2 Å². The molecule has 2 aromatic rings. The Kier molecular flexibility index (Phi) is 11.2. The standard InChI is InChI=1S/C22H24N8O8S2.Na.H/c1-29-21(26-27-28-29)40-9-11-8-39-18-15(17(32)30(18)16(11)20(35)36)25-14(31)6-10-2-4-12(5-3-10)24-22(37)38-7-13(23)19(33)34;;/h2-5,13,15,18H,6-9,23H2,1H3,(H,24,37)(H,25,31)(H,33,34)(H,35,36);;/t13-,15-,18-;;/m1../s1. The summed E-state index contributed by atoms with van der Waals surface area (Å²) in [6.07, 6.45) is -0.948. The van der Waals surface area contributed by atoms with Crippen LogP contribution in [-0.4, -0.2) is 130 Å². The van der Waals surface area contributed by atoms with Crippen molar-refractivity contribution >= 4 is 88.6 Å². The molecule has 0 unspecified atom stereocenters. The number of amides is 3. The summed E-state index contributed by atoms with van der Waals surface area (Å²) >= 11 is 2.62. The van der Waals surface area contributed by atoms with Gasteiger partial charge in [0.05, 0.1) is 6.42 Å². The quantitative estimate of drug-likeness (QED) is 0.111. The van der Waals surface area contributed by atoms with E-state index >= 15 is 0 Å². The van der Waals surface area contributed by atoms with Gasteiger partial charge in [-0.15, -0.1) is 16.9 Å². The first-order valence-electron chi connectivity index (χ1n) is 11.6. The van der Waals surface area contributed by atoms with Crippen molar-refractivity contribution in [1.29, 1.82) is 0 Å². The van der Waals surface area contributed by atoms with Crippen LogP contribution in [0.5, 0.6) is 0 Å². The SMILES string of the molecule is Cn1nnnc1SCC1=C(C(=O)O)N2C(=O)[C@@H](NC(=O)Cc3ccc(NC(=O)OC[C@@H](N)C(=O)O)cc3)[C@H]2SC1.[NaH]. The maximum atomic E-state index is 12.9. The van der Waals surface area contributed by atoms with Crippen molar-refractivity contribution in [3.63, 3.8) is 0 Å². The van der Waals surface area contributed by atoms with Crippen molar-refractivity contribution in [2.45, 2.75) is 29.0 Å². The number of ether oxygens (including phenoxy) is 1. The summed E-state index contributed by atoms with van der Waals surface area (Å²) < 4.78 is 6.20. The molecule has 2 aliphatic rings. The van der Waals surface area contributed by atoms with Crippen molar-refractivity contribution in [1.82, 2.24) is 30.4 Å². The molecule has 0 bridgehead atoms. The Morgan fingerprint density at radius 1 is 1.24 bits per heavy atom. The molecule has 3 heterocycles. The fraction of sp³-hybridized carbons (Fsp3) is 0.364. The van der Waals surface area contributed by atoms with E-state index in [1.54, 1.807) is 19.2 Å². The number of nitrogens with one attached hydrogen (secondary N) is 2. The zero-order valence-corrected chi connectivity index (χ0v) is 22.5. The number of hydrogen-bond acceptors (Lipinski definition) is 12. The third kappa shape index (κ3) is 7.77. The number of rotatable bonds is 11. The van der Waals surface area contributed by atoms with Crippen LogP contribution in [0.2, 0.25) is 0 Å². The van der Waals surface area contributed by atoms with Crippen molar-refractivity contribution in [2.24, 2.45) is 12.8 Å². The molecule has 1 fully saturated rings. The van der Waals surface area contributed by atoms with Gasteiger partial charge in [0.15, 0.2) is 0 Å². The first-order chi connectivity index (χ1) is 19.0. The predicted octanol–water partition coefficient (Wildman–Crippen LogP) is -1.40. The van der Waals surface area contributed by atoms with E-state index in [-0.39, 0.29) is 47.4 Å². The zero-order valence-electron chi connectivity index (χ0n) is 20.8. The average molecular weight is 617 g/mol. The number of carboxylic acids is 2. The Morgan fingerprint density at radius 2 is 1.95 bits per heavy atom. The van der Waals surface area contributed by atoms with E-state index in [1.807, 2.05) is 0 Å². The summed E-state index contributed by atoms with van der Waals surface area (Å²) in [5.41, 5.74) is 6.68. The van der Waals surface area contributed by atoms with Crippen LogP contribution in [0.3, 0.4) is 0 Å². The number of nitrogens with two attached hydrogens (primary N) is 1. The number of benzene rings is 1. The number of aryl methyl sites for hydroxylation is 1. The van der Waals surface area contributed by atoms with Crippen LogP contribution in [0.25, 0.3) is 0 Å². The molecule has 0 saturated carbocycles. The van der Waals surface area contributed by atoms with Gasteiger partial charge in [0.2, 0.25) is 11.1 Å². The van der Waals surface area contributed by atoms with Crippen LogP contribution in [-0.2, 0) is 37.4 Å². The minimum absolute atomic E-state index is 0. The molecule has 1 aromatic heterocycles. The van der Waals surface area contributed by atoms with Gasteiger partial charge in [-0.05, 0) is 33.7 Å². The van der Waals surface area contributed by atoms with Crippen LogP contribution in [0.15, 0.2) is 40.7 Å². The summed E-state index contributed by atoms with van der Waals surface area (Å²) in [6.45, 7) is -0.499. The molecule has 0 aliphatic carbocycles. The first-order valence-corrected chi connectivity index (χ1v) is 13.6.